The Hall–Kier alpha value is -0.560. The zero-order valence-electron chi connectivity index (χ0n) is 7.55. The van der Waals surface area contributed by atoms with Crippen LogP contribution in [0.3, 0.4) is 0 Å². The van der Waals surface area contributed by atoms with Gasteiger partial charge in [0, 0.05) is 0 Å². The Morgan fingerprint density at radius 1 is 1.18 bits per heavy atom. The van der Waals surface area contributed by atoms with Crippen molar-refractivity contribution in [1.29, 1.82) is 0 Å². The monoisotopic (exact) mass is 154 g/mol. The van der Waals surface area contributed by atoms with E-state index in [1.54, 1.807) is 0 Å². The van der Waals surface area contributed by atoms with E-state index in [9.17, 15) is 0 Å². The zero-order valence-corrected chi connectivity index (χ0v) is 7.55. The lowest BCUT2D eigenvalue weighted by molar-refractivity contribution is 0.167. The van der Waals surface area contributed by atoms with Gasteiger partial charge in [0.1, 0.15) is 0 Å². The van der Waals surface area contributed by atoms with Crippen LogP contribution in [0, 0.1) is 0 Å². The highest BCUT2D eigenvalue weighted by atomic mass is 16.5. The van der Waals surface area contributed by atoms with Crippen LogP contribution in [0.15, 0.2) is 24.3 Å². The van der Waals surface area contributed by atoms with Gasteiger partial charge in [-0.15, -0.1) is 0 Å². The van der Waals surface area contributed by atoms with Gasteiger partial charge in [0.25, 0.3) is 0 Å². The molecular weight excluding hydrogens is 136 g/mol. The molecule has 11 heavy (non-hydrogen) atoms. The molecule has 1 heteroatoms. The predicted molar refractivity (Wildman–Crippen MR) is 49.7 cm³/mol. The second-order valence-corrected chi connectivity index (χ2v) is 2.31. The first-order valence-electron chi connectivity index (χ1n) is 4.25. The molecule has 64 valence electrons. The summed E-state index contributed by atoms with van der Waals surface area (Å²) < 4.78 is 5.28. The molecule has 0 amide bonds. The Kier molecular flexibility index (Phi) is 8.96. The summed E-state index contributed by atoms with van der Waals surface area (Å²) in [4.78, 5) is 0. The highest BCUT2D eigenvalue weighted by Crippen LogP contribution is 1.87. The predicted octanol–water partition coefficient (Wildman–Crippen LogP) is 2.94. The first-order chi connectivity index (χ1) is 5.41. The molecule has 0 radical (unpaired) electrons. The molecule has 0 aliphatic heterocycles. The van der Waals surface area contributed by atoms with Crippen LogP contribution in [0.2, 0.25) is 0 Å². The first-order valence-corrected chi connectivity index (χ1v) is 4.25. The smallest absolute Gasteiger partial charge is 0.0647 e. The lowest BCUT2D eigenvalue weighted by atomic mass is 10.3. The quantitative estimate of drug-likeness (QED) is 0.422. The van der Waals surface area contributed by atoms with Crippen molar-refractivity contribution in [3.63, 3.8) is 0 Å². The van der Waals surface area contributed by atoms with Gasteiger partial charge in [-0.3, -0.25) is 0 Å². The van der Waals surface area contributed by atoms with Gasteiger partial charge in [-0.25, -0.2) is 0 Å². The Bertz CT molecular complexity index is 114. The molecule has 0 aliphatic rings. The molecule has 0 aromatic rings. The Morgan fingerprint density at radius 3 is 2.64 bits per heavy atom. The second-order valence-electron chi connectivity index (χ2n) is 2.31. The van der Waals surface area contributed by atoms with E-state index in [4.69, 9.17) is 4.74 Å². The van der Waals surface area contributed by atoms with E-state index in [1.807, 2.05) is 19.1 Å². The molecule has 0 rings (SSSR count). The van der Waals surface area contributed by atoms with E-state index in [-0.39, 0.29) is 0 Å². The number of hydrogen-bond donors (Lipinski definition) is 0. The summed E-state index contributed by atoms with van der Waals surface area (Å²) in [6.45, 7) is 5.72. The normalized spacial score (nSPS) is 11.8. The van der Waals surface area contributed by atoms with Crippen molar-refractivity contribution in [3.05, 3.63) is 24.3 Å². The molecular formula is C10H18O. The topological polar surface area (TPSA) is 9.23 Å². The van der Waals surface area contributed by atoms with Crippen LogP contribution in [-0.2, 0) is 4.74 Å². The summed E-state index contributed by atoms with van der Waals surface area (Å²) in [5.41, 5.74) is 0. The van der Waals surface area contributed by atoms with Crippen LogP contribution in [0.25, 0.3) is 0 Å². The SMILES string of the molecule is CC=CCOCC/C=C\CC. The highest BCUT2D eigenvalue weighted by molar-refractivity contribution is 4.80. The number of hydrogen-bond acceptors (Lipinski definition) is 1. The largest absolute Gasteiger partial charge is 0.377 e. The van der Waals surface area contributed by atoms with E-state index in [0.29, 0.717) is 0 Å². The van der Waals surface area contributed by atoms with E-state index < -0.39 is 0 Å². The van der Waals surface area contributed by atoms with Gasteiger partial charge in [0.05, 0.1) is 13.2 Å². The average Bonchev–Trinajstić information content (AvgIpc) is 2.03. The van der Waals surface area contributed by atoms with Crippen molar-refractivity contribution >= 4 is 0 Å². The molecule has 0 N–H and O–H groups in total. The Morgan fingerprint density at radius 2 is 2.00 bits per heavy atom. The summed E-state index contributed by atoms with van der Waals surface area (Å²) in [5, 5.41) is 0. The molecule has 0 saturated heterocycles. The third-order valence-electron chi connectivity index (χ3n) is 1.28. The maximum atomic E-state index is 5.28. The Labute approximate surface area is 69.8 Å². The summed E-state index contributed by atoms with van der Waals surface area (Å²) in [6, 6.07) is 0. The summed E-state index contributed by atoms with van der Waals surface area (Å²) >= 11 is 0. The maximum absolute atomic E-state index is 5.28. The fraction of sp³-hybridized carbons (Fsp3) is 0.600. The molecule has 0 aliphatic carbocycles. The van der Waals surface area contributed by atoms with Crippen LogP contribution in [0.1, 0.15) is 26.7 Å². The van der Waals surface area contributed by atoms with E-state index in [2.05, 4.69) is 19.1 Å². The fourth-order valence-corrected chi connectivity index (χ4v) is 0.683. The lowest BCUT2D eigenvalue weighted by Gasteiger charge is -1.95. The molecule has 1 nitrogen and oxygen atoms in total. The lowest BCUT2D eigenvalue weighted by Crippen LogP contribution is -1.91. The molecule has 0 saturated carbocycles. The third-order valence-corrected chi connectivity index (χ3v) is 1.28. The van der Waals surface area contributed by atoms with Gasteiger partial charge in [0.15, 0.2) is 0 Å². The maximum Gasteiger partial charge on any atom is 0.0647 e. The second kappa shape index (κ2) is 9.44. The van der Waals surface area contributed by atoms with Crippen LogP contribution in [-0.4, -0.2) is 13.2 Å². The van der Waals surface area contributed by atoms with Gasteiger partial charge >= 0.3 is 0 Å². The van der Waals surface area contributed by atoms with Crippen molar-refractivity contribution in [2.24, 2.45) is 0 Å². The van der Waals surface area contributed by atoms with Gasteiger partial charge in [-0.05, 0) is 19.8 Å². The average molecular weight is 154 g/mol. The van der Waals surface area contributed by atoms with E-state index in [1.165, 1.54) is 0 Å². The minimum Gasteiger partial charge on any atom is -0.377 e. The van der Waals surface area contributed by atoms with Crippen LogP contribution in [0.4, 0.5) is 0 Å². The van der Waals surface area contributed by atoms with Crippen LogP contribution >= 0.6 is 0 Å². The van der Waals surface area contributed by atoms with Gasteiger partial charge in [-0.2, -0.15) is 0 Å². The molecule has 0 heterocycles. The van der Waals surface area contributed by atoms with Gasteiger partial charge in [0.2, 0.25) is 0 Å². The standard InChI is InChI=1S/C10H18O/c1-3-5-7-8-10-11-9-6-4-2/h4-7H,3,8-10H2,1-2H3/b6-4?,7-5-. The summed E-state index contributed by atoms with van der Waals surface area (Å²) in [5.74, 6) is 0. The molecule has 0 aromatic heterocycles. The molecule has 0 bridgehead atoms. The van der Waals surface area contributed by atoms with Gasteiger partial charge in [-0.1, -0.05) is 31.2 Å². The van der Waals surface area contributed by atoms with Crippen molar-refractivity contribution in [2.75, 3.05) is 13.2 Å². The highest BCUT2D eigenvalue weighted by Gasteiger charge is 1.79. The first kappa shape index (κ1) is 10.4. The van der Waals surface area contributed by atoms with E-state index in [0.717, 1.165) is 26.1 Å². The van der Waals surface area contributed by atoms with Crippen molar-refractivity contribution in [3.8, 4) is 0 Å². The van der Waals surface area contributed by atoms with Crippen LogP contribution in [0.5, 0.6) is 0 Å². The van der Waals surface area contributed by atoms with E-state index >= 15 is 0 Å². The number of ether oxygens (including phenoxy) is 1. The van der Waals surface area contributed by atoms with Gasteiger partial charge < -0.3 is 4.74 Å². The fourth-order valence-electron chi connectivity index (χ4n) is 0.683. The van der Waals surface area contributed by atoms with Crippen LogP contribution < -0.4 is 0 Å². The molecule has 0 spiro atoms. The number of allylic oxidation sites excluding steroid dienone is 2. The summed E-state index contributed by atoms with van der Waals surface area (Å²) in [7, 11) is 0. The summed E-state index contributed by atoms with van der Waals surface area (Å²) in [6.07, 6.45) is 10.5. The molecule has 0 aromatic carbocycles. The zero-order chi connectivity index (χ0) is 8.36. The Balaban J connectivity index is 2.96. The van der Waals surface area contributed by atoms with Crippen molar-refractivity contribution in [1.82, 2.24) is 0 Å². The molecule has 0 atom stereocenters. The molecule has 0 fully saturated rings. The minimum absolute atomic E-state index is 0.746. The third kappa shape index (κ3) is 9.44. The van der Waals surface area contributed by atoms with Crippen molar-refractivity contribution < 1.29 is 4.74 Å². The minimum atomic E-state index is 0.746. The van der Waals surface area contributed by atoms with Crippen molar-refractivity contribution in [2.45, 2.75) is 26.7 Å². The molecule has 0 unspecified atom stereocenters. The number of rotatable bonds is 6.